The van der Waals surface area contributed by atoms with Crippen LogP contribution in [0.25, 0.3) is 22.5 Å². The van der Waals surface area contributed by atoms with Gasteiger partial charge in [0, 0.05) is 24.8 Å². The number of aliphatic hydroxyl groups is 1. The second-order valence-corrected chi connectivity index (χ2v) is 13.2. The summed E-state index contributed by atoms with van der Waals surface area (Å²) in [6, 6.07) is 46.3. The number of nitrogens with zero attached hydrogens (tertiary/aromatic N) is 5. The molecule has 0 spiro atoms. The average molecular weight is 693 g/mol. The third-order valence-electron chi connectivity index (χ3n) is 9.74. The molecule has 1 aromatic heterocycles. The Kier molecular flexibility index (Phi) is 8.95. The summed E-state index contributed by atoms with van der Waals surface area (Å²) in [7, 11) is 1.52. The van der Waals surface area contributed by atoms with Gasteiger partial charge >= 0.3 is 5.97 Å². The summed E-state index contributed by atoms with van der Waals surface area (Å²) in [6.45, 7) is 4.99. The van der Waals surface area contributed by atoms with Crippen LogP contribution >= 0.6 is 0 Å². The Labute approximate surface area is 302 Å². The molecule has 0 fully saturated rings. The number of hydrogen-bond donors (Lipinski definition) is 3. The second kappa shape index (κ2) is 13.6. The zero-order valence-electron chi connectivity index (χ0n) is 29.4. The molecule has 0 amide bonds. The van der Waals surface area contributed by atoms with Gasteiger partial charge in [-0.3, -0.25) is 4.90 Å². The van der Waals surface area contributed by atoms with Crippen molar-refractivity contribution in [1.29, 1.82) is 0 Å². The maximum absolute atomic E-state index is 12.7. The smallest absolute Gasteiger partial charge is 0.354 e. The number of aliphatic carboxylic acids is 1. The Hall–Kier alpha value is -6.10. The number of methoxy groups -OCH3 is 1. The number of hydrogen-bond acceptors (Lipinski definition) is 8. The molecule has 0 saturated heterocycles. The first kappa shape index (κ1) is 34.4. The molecule has 6 aromatic rings. The van der Waals surface area contributed by atoms with Crippen molar-refractivity contribution in [3.05, 3.63) is 168 Å². The van der Waals surface area contributed by atoms with Crippen LogP contribution in [0.15, 0.2) is 151 Å². The number of anilines is 1. The summed E-state index contributed by atoms with van der Waals surface area (Å²) in [5.74, 6) is -1.84. The lowest BCUT2D eigenvalue weighted by Crippen LogP contribution is -2.55. The number of tetrazole rings is 1. The fourth-order valence-corrected chi connectivity index (χ4v) is 7.32. The summed E-state index contributed by atoms with van der Waals surface area (Å²) in [4.78, 5) is 14.3. The van der Waals surface area contributed by atoms with E-state index in [2.05, 4.69) is 52.0 Å². The van der Waals surface area contributed by atoms with E-state index in [-0.39, 0.29) is 11.4 Å². The molecule has 7 rings (SSSR count). The van der Waals surface area contributed by atoms with E-state index >= 15 is 0 Å². The topological polar surface area (TPSA) is 126 Å². The number of carboxylic acids is 1. The molecular weight excluding hydrogens is 652 g/mol. The minimum Gasteiger partial charge on any atom is -0.477 e. The summed E-state index contributed by atoms with van der Waals surface area (Å²) < 4.78 is 7.84. The van der Waals surface area contributed by atoms with Gasteiger partial charge in [-0.05, 0) is 64.2 Å². The van der Waals surface area contributed by atoms with Crippen molar-refractivity contribution in [2.45, 2.75) is 44.2 Å². The molecule has 0 bridgehead atoms. The van der Waals surface area contributed by atoms with E-state index in [9.17, 15) is 15.0 Å². The van der Waals surface area contributed by atoms with E-state index in [0.29, 0.717) is 17.9 Å². The van der Waals surface area contributed by atoms with E-state index in [1.165, 1.54) is 7.11 Å². The largest absolute Gasteiger partial charge is 0.477 e. The number of nitrogens with one attached hydrogen (secondary N) is 1. The maximum atomic E-state index is 12.7. The van der Waals surface area contributed by atoms with Crippen LogP contribution in [-0.2, 0) is 15.1 Å². The van der Waals surface area contributed by atoms with Crippen molar-refractivity contribution in [2.24, 2.45) is 0 Å². The number of aromatic nitrogens is 4. The highest BCUT2D eigenvalue weighted by atomic mass is 16.5. The molecule has 262 valence electrons. The SMILES string of the molecule is CCC1(OC)NC(C(C)(C)O)=C(C(=O)O)N1c1ccc(-c2ccccc2-c2nnnn2C(c2ccccc2)(c2ccccc2)c2ccccc2)cc1. The summed E-state index contributed by atoms with van der Waals surface area (Å²) in [6.07, 6.45) is 0.388. The van der Waals surface area contributed by atoms with Crippen molar-refractivity contribution in [3.8, 4) is 22.5 Å². The highest BCUT2D eigenvalue weighted by Gasteiger charge is 2.51. The number of benzene rings is 5. The molecular formula is C42H40N6O4. The van der Waals surface area contributed by atoms with Gasteiger partial charge in [-0.2, -0.15) is 0 Å². The number of ether oxygens (including phenoxy) is 1. The lowest BCUT2D eigenvalue weighted by atomic mass is 9.77. The van der Waals surface area contributed by atoms with Gasteiger partial charge in [0.2, 0.25) is 5.85 Å². The zero-order valence-corrected chi connectivity index (χ0v) is 29.4. The fraction of sp³-hybridized carbons (Fsp3) is 0.190. The Bertz CT molecular complexity index is 2110. The molecule has 1 aliphatic heterocycles. The van der Waals surface area contributed by atoms with Crippen LogP contribution < -0.4 is 10.2 Å². The highest BCUT2D eigenvalue weighted by molar-refractivity contribution is 5.94. The quantitative estimate of drug-likeness (QED) is 0.123. The first-order chi connectivity index (χ1) is 25.2. The summed E-state index contributed by atoms with van der Waals surface area (Å²) in [5, 5.41) is 38.2. The van der Waals surface area contributed by atoms with Gasteiger partial charge in [0.1, 0.15) is 11.1 Å². The first-order valence-electron chi connectivity index (χ1n) is 17.1. The van der Waals surface area contributed by atoms with Gasteiger partial charge in [-0.25, -0.2) is 9.48 Å². The standard InChI is InChI=1S/C42H40N6O4/c1-5-41(52-4)43-37(40(2,3)51)36(39(49)50)47(41)33-27-25-29(26-28-33)34-23-15-16-24-35(34)38-44-45-46-48(38)42(30-17-9-6-10-18-30,31-19-11-7-12-20-31)32-21-13-8-14-22-32/h6-28,43,51H,5H2,1-4H3,(H,49,50). The molecule has 0 radical (unpaired) electrons. The van der Waals surface area contributed by atoms with Gasteiger partial charge in [0.15, 0.2) is 11.5 Å². The minimum absolute atomic E-state index is 0.0809. The lowest BCUT2D eigenvalue weighted by molar-refractivity contribution is -0.133. The predicted molar refractivity (Wildman–Crippen MR) is 200 cm³/mol. The fourth-order valence-electron chi connectivity index (χ4n) is 7.32. The molecule has 5 aromatic carbocycles. The molecule has 1 aliphatic rings. The molecule has 52 heavy (non-hydrogen) atoms. The van der Waals surface area contributed by atoms with E-state index in [4.69, 9.17) is 9.95 Å². The number of rotatable bonds is 11. The summed E-state index contributed by atoms with van der Waals surface area (Å²) >= 11 is 0. The van der Waals surface area contributed by atoms with Crippen LogP contribution in [0.5, 0.6) is 0 Å². The van der Waals surface area contributed by atoms with Crippen LogP contribution in [-0.4, -0.2) is 54.9 Å². The van der Waals surface area contributed by atoms with Crippen molar-refractivity contribution >= 4 is 11.7 Å². The van der Waals surface area contributed by atoms with Crippen LogP contribution in [0.4, 0.5) is 5.69 Å². The molecule has 0 saturated carbocycles. The Morgan fingerprint density at radius 2 is 1.27 bits per heavy atom. The molecule has 10 heteroatoms. The van der Waals surface area contributed by atoms with Gasteiger partial charge in [0.25, 0.3) is 0 Å². The highest BCUT2D eigenvalue weighted by Crippen LogP contribution is 2.44. The molecule has 10 nitrogen and oxygen atoms in total. The molecule has 2 heterocycles. The van der Waals surface area contributed by atoms with Gasteiger partial charge < -0.3 is 20.3 Å². The van der Waals surface area contributed by atoms with Gasteiger partial charge in [-0.15, -0.1) is 5.10 Å². The third-order valence-corrected chi connectivity index (χ3v) is 9.74. The Balaban J connectivity index is 1.39. The second-order valence-electron chi connectivity index (χ2n) is 13.2. The Morgan fingerprint density at radius 1 is 0.769 bits per heavy atom. The van der Waals surface area contributed by atoms with Crippen molar-refractivity contribution in [1.82, 2.24) is 25.5 Å². The normalized spacial score (nSPS) is 16.2. The first-order valence-corrected chi connectivity index (χ1v) is 17.1. The summed E-state index contributed by atoms with van der Waals surface area (Å²) in [5.41, 5.74) is 3.82. The zero-order chi connectivity index (χ0) is 36.5. The number of carboxylic acid groups (broad SMARTS) is 1. The van der Waals surface area contributed by atoms with Crippen molar-refractivity contribution in [3.63, 3.8) is 0 Å². The van der Waals surface area contributed by atoms with Crippen LogP contribution in [0.3, 0.4) is 0 Å². The van der Waals surface area contributed by atoms with Crippen molar-refractivity contribution < 1.29 is 19.7 Å². The van der Waals surface area contributed by atoms with E-state index in [1.54, 1.807) is 18.7 Å². The van der Waals surface area contributed by atoms with Crippen LogP contribution in [0, 0.1) is 0 Å². The molecule has 1 unspecified atom stereocenters. The molecule has 0 aliphatic carbocycles. The average Bonchev–Trinajstić information content (AvgIpc) is 3.81. The lowest BCUT2D eigenvalue weighted by Gasteiger charge is -2.38. The van der Waals surface area contributed by atoms with E-state index < -0.39 is 23.0 Å². The van der Waals surface area contributed by atoms with E-state index in [0.717, 1.165) is 33.4 Å². The molecule has 3 N–H and O–H groups in total. The third kappa shape index (κ3) is 5.62. The van der Waals surface area contributed by atoms with Gasteiger partial charge in [0.05, 0.1) is 5.70 Å². The number of carbonyl (C=O) groups is 1. The minimum atomic E-state index is -1.46. The van der Waals surface area contributed by atoms with Gasteiger partial charge in [-0.1, -0.05) is 134 Å². The molecule has 1 atom stereocenters. The van der Waals surface area contributed by atoms with E-state index in [1.807, 2.05) is 115 Å². The monoisotopic (exact) mass is 692 g/mol. The maximum Gasteiger partial charge on any atom is 0.354 e. The predicted octanol–water partition coefficient (Wildman–Crippen LogP) is 7.03. The Morgan fingerprint density at radius 3 is 1.73 bits per heavy atom. The van der Waals surface area contributed by atoms with Crippen molar-refractivity contribution in [2.75, 3.05) is 12.0 Å². The van der Waals surface area contributed by atoms with Crippen LogP contribution in [0.2, 0.25) is 0 Å². The van der Waals surface area contributed by atoms with Crippen LogP contribution in [0.1, 0.15) is 43.9 Å².